The highest BCUT2D eigenvalue weighted by Crippen LogP contribution is 2.19. The van der Waals surface area contributed by atoms with Crippen LogP contribution >= 0.6 is 0 Å². The third kappa shape index (κ3) is 5.94. The number of aliphatic hydroxyl groups is 1. The van der Waals surface area contributed by atoms with Gasteiger partial charge in [-0.1, -0.05) is 6.92 Å². The third-order valence-electron chi connectivity index (χ3n) is 3.89. The molecule has 0 heterocycles. The number of hydrogen-bond donors (Lipinski definition) is 2. The van der Waals surface area contributed by atoms with Gasteiger partial charge in [-0.25, -0.2) is 0 Å². The summed E-state index contributed by atoms with van der Waals surface area (Å²) in [5, 5.41) is 13.0. The van der Waals surface area contributed by atoms with E-state index in [9.17, 15) is 5.11 Å². The molecule has 0 aliphatic heterocycles. The first-order valence-corrected chi connectivity index (χ1v) is 7.75. The molecule has 1 aromatic carbocycles. The van der Waals surface area contributed by atoms with E-state index in [-0.39, 0.29) is 12.1 Å². The maximum atomic E-state index is 9.56. The minimum atomic E-state index is -0.170. The number of nitrogens with one attached hydrogen (secondary N) is 1. The number of rotatable bonds is 10. The topological polar surface area (TPSA) is 44.7 Å². The molecule has 0 aromatic heterocycles. The summed E-state index contributed by atoms with van der Waals surface area (Å²) in [4.78, 5) is 2.23. The summed E-state index contributed by atoms with van der Waals surface area (Å²) in [6, 6.07) is 8.10. The molecule has 0 radical (unpaired) electrons. The second-order valence-electron chi connectivity index (χ2n) is 5.87. The highest BCUT2D eigenvalue weighted by atomic mass is 16.5. The van der Waals surface area contributed by atoms with Crippen LogP contribution in [0.2, 0.25) is 0 Å². The Balaban J connectivity index is 2.42. The number of anilines is 1. The van der Waals surface area contributed by atoms with E-state index in [0.29, 0.717) is 0 Å². The van der Waals surface area contributed by atoms with E-state index in [4.69, 9.17) is 4.74 Å². The van der Waals surface area contributed by atoms with Crippen molar-refractivity contribution in [3.05, 3.63) is 24.3 Å². The molecule has 0 aliphatic rings. The first kappa shape index (κ1) is 17.8. The molecule has 120 valence electrons. The van der Waals surface area contributed by atoms with Crippen molar-refractivity contribution in [3.63, 3.8) is 0 Å². The van der Waals surface area contributed by atoms with Crippen molar-refractivity contribution in [1.29, 1.82) is 0 Å². The van der Waals surface area contributed by atoms with E-state index in [1.165, 1.54) is 5.69 Å². The van der Waals surface area contributed by atoms with Crippen LogP contribution in [0.25, 0.3) is 0 Å². The summed E-state index contributed by atoms with van der Waals surface area (Å²) in [5.41, 5.74) is 1.01. The van der Waals surface area contributed by atoms with E-state index in [2.05, 4.69) is 43.2 Å². The fourth-order valence-corrected chi connectivity index (χ4v) is 2.32. The Hall–Kier alpha value is -1.26. The molecule has 2 N–H and O–H groups in total. The smallest absolute Gasteiger partial charge is 0.119 e. The highest BCUT2D eigenvalue weighted by Gasteiger charge is 2.21. The molecule has 0 spiro atoms. The number of nitrogens with zero attached hydrogens (tertiary/aromatic N) is 1. The molecular weight excluding hydrogens is 264 g/mol. The van der Waals surface area contributed by atoms with Gasteiger partial charge in [0.25, 0.3) is 0 Å². The largest absolute Gasteiger partial charge is 0.497 e. The predicted octanol–water partition coefficient (Wildman–Crippen LogP) is 2.66. The lowest BCUT2D eigenvalue weighted by Crippen LogP contribution is -2.46. The van der Waals surface area contributed by atoms with Gasteiger partial charge in [0.1, 0.15) is 5.75 Å². The van der Waals surface area contributed by atoms with Crippen LogP contribution in [0.1, 0.15) is 33.1 Å². The maximum absolute atomic E-state index is 9.56. The number of ether oxygens (including phenoxy) is 1. The van der Waals surface area contributed by atoms with Crippen LogP contribution in [-0.2, 0) is 0 Å². The van der Waals surface area contributed by atoms with Crippen LogP contribution in [0.4, 0.5) is 5.69 Å². The van der Waals surface area contributed by atoms with Crippen LogP contribution in [0.5, 0.6) is 5.75 Å². The van der Waals surface area contributed by atoms with Gasteiger partial charge < -0.3 is 20.1 Å². The molecule has 0 saturated heterocycles. The molecule has 0 aliphatic carbocycles. The van der Waals surface area contributed by atoms with Crippen LogP contribution in [-0.4, -0.2) is 44.5 Å². The third-order valence-corrected chi connectivity index (χ3v) is 3.89. The quantitative estimate of drug-likeness (QED) is 0.696. The summed E-state index contributed by atoms with van der Waals surface area (Å²) in [5.74, 6) is 0.878. The minimum Gasteiger partial charge on any atom is -0.497 e. The van der Waals surface area contributed by atoms with Gasteiger partial charge in [0, 0.05) is 24.8 Å². The van der Waals surface area contributed by atoms with Crippen LogP contribution < -0.4 is 15.0 Å². The lowest BCUT2D eigenvalue weighted by Gasteiger charge is -2.30. The first-order valence-electron chi connectivity index (χ1n) is 7.75. The van der Waals surface area contributed by atoms with Crippen molar-refractivity contribution >= 4 is 5.69 Å². The molecule has 1 unspecified atom stereocenters. The Labute approximate surface area is 129 Å². The van der Waals surface area contributed by atoms with Gasteiger partial charge in [-0.3, -0.25) is 0 Å². The first-order chi connectivity index (χ1) is 10.0. The maximum Gasteiger partial charge on any atom is 0.119 e. The van der Waals surface area contributed by atoms with Crippen molar-refractivity contribution in [1.82, 2.24) is 5.32 Å². The molecule has 0 bridgehead atoms. The Morgan fingerprint density at radius 1 is 1.29 bits per heavy atom. The lowest BCUT2D eigenvalue weighted by atomic mass is 9.96. The van der Waals surface area contributed by atoms with Gasteiger partial charge in [-0.2, -0.15) is 0 Å². The van der Waals surface area contributed by atoms with Gasteiger partial charge >= 0.3 is 0 Å². The molecule has 0 saturated carbocycles. The summed E-state index contributed by atoms with van der Waals surface area (Å²) in [7, 11) is 3.77. The monoisotopic (exact) mass is 294 g/mol. The minimum absolute atomic E-state index is 0.170. The van der Waals surface area contributed by atoms with Crippen LogP contribution in [0.3, 0.4) is 0 Å². The number of methoxy groups -OCH3 is 1. The van der Waals surface area contributed by atoms with E-state index in [0.717, 1.165) is 38.1 Å². The van der Waals surface area contributed by atoms with E-state index < -0.39 is 0 Å². The standard InChI is InChI=1S/C17H30N2O2/c1-5-12-18-17(2,14-20)11-6-13-19(3)15-7-9-16(21-4)10-8-15/h7-10,18,20H,5-6,11-14H2,1-4H3. The number of aliphatic hydroxyl groups excluding tert-OH is 1. The SMILES string of the molecule is CCCNC(C)(CO)CCCN(C)c1ccc(OC)cc1. The number of hydrogen-bond acceptors (Lipinski definition) is 4. The molecule has 1 rings (SSSR count). The predicted molar refractivity (Wildman–Crippen MR) is 89.3 cm³/mol. The Morgan fingerprint density at radius 2 is 1.95 bits per heavy atom. The zero-order valence-electron chi connectivity index (χ0n) is 13.9. The molecule has 4 nitrogen and oxygen atoms in total. The van der Waals surface area contributed by atoms with E-state index in [1.54, 1.807) is 7.11 Å². The molecule has 0 amide bonds. The summed E-state index contributed by atoms with van der Waals surface area (Å²) in [6.07, 6.45) is 3.08. The molecule has 1 aromatic rings. The summed E-state index contributed by atoms with van der Waals surface area (Å²) in [6.45, 7) is 6.33. The summed E-state index contributed by atoms with van der Waals surface area (Å²) < 4.78 is 5.17. The van der Waals surface area contributed by atoms with Gasteiger partial charge in [-0.15, -0.1) is 0 Å². The second-order valence-corrected chi connectivity index (χ2v) is 5.87. The van der Waals surface area contributed by atoms with Crippen LogP contribution in [0, 0.1) is 0 Å². The van der Waals surface area contributed by atoms with Crippen molar-refractivity contribution in [2.45, 2.75) is 38.6 Å². The van der Waals surface area contributed by atoms with E-state index in [1.807, 2.05) is 12.1 Å². The van der Waals surface area contributed by atoms with E-state index >= 15 is 0 Å². The molecule has 1 atom stereocenters. The Morgan fingerprint density at radius 3 is 2.48 bits per heavy atom. The molecule has 0 fully saturated rings. The molecular formula is C17H30N2O2. The van der Waals surface area contributed by atoms with Crippen molar-refractivity contribution < 1.29 is 9.84 Å². The number of benzene rings is 1. The normalized spacial score (nSPS) is 13.8. The zero-order chi connectivity index (χ0) is 15.7. The lowest BCUT2D eigenvalue weighted by molar-refractivity contribution is 0.164. The highest BCUT2D eigenvalue weighted by molar-refractivity contribution is 5.48. The van der Waals surface area contributed by atoms with Crippen molar-refractivity contribution in [3.8, 4) is 5.75 Å². The van der Waals surface area contributed by atoms with Gasteiger partial charge in [-0.05, 0) is 57.0 Å². The molecule has 4 heteroatoms. The fourth-order valence-electron chi connectivity index (χ4n) is 2.32. The fraction of sp³-hybridized carbons (Fsp3) is 0.647. The average molecular weight is 294 g/mol. The van der Waals surface area contributed by atoms with Gasteiger partial charge in [0.05, 0.1) is 13.7 Å². The molecule has 21 heavy (non-hydrogen) atoms. The second kappa shape index (κ2) is 8.90. The summed E-state index contributed by atoms with van der Waals surface area (Å²) >= 11 is 0. The van der Waals surface area contributed by atoms with Gasteiger partial charge in [0.2, 0.25) is 0 Å². The van der Waals surface area contributed by atoms with Crippen molar-refractivity contribution in [2.75, 3.05) is 38.8 Å². The van der Waals surface area contributed by atoms with Crippen molar-refractivity contribution in [2.24, 2.45) is 0 Å². The Bertz CT molecular complexity index is 394. The zero-order valence-corrected chi connectivity index (χ0v) is 13.9. The van der Waals surface area contributed by atoms with Gasteiger partial charge in [0.15, 0.2) is 0 Å². The Kier molecular flexibility index (Phi) is 7.54. The average Bonchev–Trinajstić information content (AvgIpc) is 2.53. The van der Waals surface area contributed by atoms with Crippen LogP contribution in [0.15, 0.2) is 24.3 Å².